The second kappa shape index (κ2) is 8.27. The van der Waals surface area contributed by atoms with Crippen LogP contribution in [0.3, 0.4) is 0 Å². The highest BCUT2D eigenvalue weighted by Gasteiger charge is 2.37. The molecule has 176 valence electrons. The van der Waals surface area contributed by atoms with Crippen LogP contribution < -0.4 is 4.72 Å². The quantitative estimate of drug-likeness (QED) is 0.571. The lowest BCUT2D eigenvalue weighted by Crippen LogP contribution is -2.36. The lowest BCUT2D eigenvalue weighted by Gasteiger charge is -2.24. The molecule has 0 atom stereocenters. The first-order valence-corrected chi connectivity index (χ1v) is 12.9. The zero-order valence-corrected chi connectivity index (χ0v) is 19.7. The first-order valence-electron chi connectivity index (χ1n) is 10.00. The standard InChI is InChI=1S/C22H19FN4O5S2/c1-14-3-6-16(7-4-14)34(31,32)27-13-20(17-9-10-26(2)22(28)21(17)27)33(29,30)25-19-8-5-15(12-24)11-18(19)23/h3-8,11,13,25H,9-10H2,1-2H3. The van der Waals surface area contributed by atoms with Gasteiger partial charge in [0.25, 0.3) is 26.0 Å². The van der Waals surface area contributed by atoms with Crippen LogP contribution >= 0.6 is 0 Å². The van der Waals surface area contributed by atoms with Crippen LogP contribution in [0.2, 0.25) is 0 Å². The number of hydrogen-bond donors (Lipinski definition) is 1. The molecule has 2 heterocycles. The first-order chi connectivity index (χ1) is 16.0. The maximum Gasteiger partial charge on any atom is 0.271 e. The van der Waals surface area contributed by atoms with E-state index in [1.807, 2.05) is 0 Å². The number of benzene rings is 2. The third kappa shape index (κ3) is 3.93. The van der Waals surface area contributed by atoms with Gasteiger partial charge in [0.05, 0.1) is 22.2 Å². The Bertz CT molecular complexity index is 1570. The summed E-state index contributed by atoms with van der Waals surface area (Å²) in [4.78, 5) is 13.7. The highest BCUT2D eigenvalue weighted by Crippen LogP contribution is 2.32. The Morgan fingerprint density at radius 2 is 1.76 bits per heavy atom. The molecular formula is C22H19FN4O5S2. The lowest BCUT2D eigenvalue weighted by atomic mass is 10.1. The van der Waals surface area contributed by atoms with E-state index < -0.39 is 42.4 Å². The van der Waals surface area contributed by atoms with Crippen LogP contribution in [0.4, 0.5) is 10.1 Å². The fourth-order valence-electron chi connectivity index (χ4n) is 3.64. The van der Waals surface area contributed by atoms with Crippen molar-refractivity contribution in [1.82, 2.24) is 8.87 Å². The summed E-state index contributed by atoms with van der Waals surface area (Å²) in [5.41, 5.74) is 0.152. The van der Waals surface area contributed by atoms with E-state index in [9.17, 15) is 26.0 Å². The SMILES string of the molecule is Cc1ccc(S(=O)(=O)n2cc(S(=O)(=O)Nc3ccc(C#N)cc3F)c3c2C(=O)N(C)CC3)cc1. The van der Waals surface area contributed by atoms with Gasteiger partial charge in [-0.25, -0.2) is 25.2 Å². The second-order valence-corrected chi connectivity index (χ2v) is 11.3. The minimum Gasteiger partial charge on any atom is -0.340 e. The Labute approximate surface area is 196 Å². The molecular weight excluding hydrogens is 483 g/mol. The second-order valence-electron chi connectivity index (χ2n) is 7.82. The fraction of sp³-hybridized carbons (Fsp3) is 0.182. The van der Waals surface area contributed by atoms with Crippen molar-refractivity contribution in [2.45, 2.75) is 23.1 Å². The maximum absolute atomic E-state index is 14.3. The monoisotopic (exact) mass is 502 g/mol. The summed E-state index contributed by atoms with van der Waals surface area (Å²) in [6.45, 7) is 1.96. The molecule has 0 fully saturated rings. The van der Waals surface area contributed by atoms with Crippen molar-refractivity contribution in [3.63, 3.8) is 0 Å². The van der Waals surface area contributed by atoms with Crippen LogP contribution in [0.15, 0.2) is 58.5 Å². The Balaban J connectivity index is 1.88. The zero-order chi connectivity index (χ0) is 24.8. The molecule has 1 aliphatic rings. The van der Waals surface area contributed by atoms with Gasteiger partial charge in [0.1, 0.15) is 16.4 Å². The van der Waals surface area contributed by atoms with Gasteiger partial charge in [0, 0.05) is 25.4 Å². The number of carbonyl (C=O) groups is 1. The average Bonchev–Trinajstić information content (AvgIpc) is 3.20. The molecule has 1 aromatic heterocycles. The van der Waals surface area contributed by atoms with Gasteiger partial charge in [-0.1, -0.05) is 17.7 Å². The number of aryl methyl sites for hydroxylation is 1. The number of anilines is 1. The Morgan fingerprint density at radius 1 is 1.09 bits per heavy atom. The number of halogens is 1. The number of fused-ring (bicyclic) bond motifs is 1. The normalized spacial score (nSPS) is 13.9. The van der Waals surface area contributed by atoms with Crippen molar-refractivity contribution in [1.29, 1.82) is 5.26 Å². The highest BCUT2D eigenvalue weighted by molar-refractivity contribution is 7.93. The van der Waals surface area contributed by atoms with Crippen molar-refractivity contribution < 1.29 is 26.0 Å². The van der Waals surface area contributed by atoms with Crippen LogP contribution in [0.5, 0.6) is 0 Å². The van der Waals surface area contributed by atoms with Crippen molar-refractivity contribution in [2.75, 3.05) is 18.3 Å². The minimum absolute atomic E-state index is 0.00167. The molecule has 1 aliphatic heterocycles. The molecule has 0 saturated heterocycles. The van der Waals surface area contributed by atoms with Gasteiger partial charge in [-0.05, 0) is 43.7 Å². The third-order valence-corrected chi connectivity index (χ3v) is 8.59. The molecule has 4 rings (SSSR count). The Morgan fingerprint density at radius 3 is 2.38 bits per heavy atom. The number of hydrogen-bond acceptors (Lipinski definition) is 6. The largest absolute Gasteiger partial charge is 0.340 e. The van der Waals surface area contributed by atoms with Gasteiger partial charge in [-0.15, -0.1) is 0 Å². The molecule has 0 unspecified atom stereocenters. The smallest absolute Gasteiger partial charge is 0.271 e. The average molecular weight is 503 g/mol. The molecule has 12 heteroatoms. The van der Waals surface area contributed by atoms with Crippen LogP contribution in [0, 0.1) is 24.1 Å². The van der Waals surface area contributed by atoms with E-state index in [1.165, 1.54) is 30.1 Å². The van der Waals surface area contributed by atoms with Crippen LogP contribution in [-0.2, 0) is 26.5 Å². The van der Waals surface area contributed by atoms with E-state index in [0.717, 1.165) is 23.9 Å². The number of sulfonamides is 1. The summed E-state index contributed by atoms with van der Waals surface area (Å²) in [7, 11) is -7.33. The molecule has 34 heavy (non-hydrogen) atoms. The van der Waals surface area contributed by atoms with Gasteiger partial charge in [-0.3, -0.25) is 9.52 Å². The fourth-order valence-corrected chi connectivity index (χ4v) is 6.42. The molecule has 0 spiro atoms. The number of likely N-dealkylation sites (N-methyl/N-ethyl adjacent to an activating group) is 1. The maximum atomic E-state index is 14.3. The van der Waals surface area contributed by atoms with Gasteiger partial charge < -0.3 is 4.90 Å². The van der Waals surface area contributed by atoms with Crippen molar-refractivity contribution in [3.8, 4) is 6.07 Å². The molecule has 0 radical (unpaired) electrons. The summed E-state index contributed by atoms with van der Waals surface area (Å²) in [5.74, 6) is -1.62. The molecule has 9 nitrogen and oxygen atoms in total. The summed E-state index contributed by atoms with van der Waals surface area (Å²) < 4.78 is 70.3. The van der Waals surface area contributed by atoms with E-state index in [2.05, 4.69) is 4.72 Å². The molecule has 0 saturated carbocycles. The zero-order valence-electron chi connectivity index (χ0n) is 18.1. The van der Waals surface area contributed by atoms with Gasteiger partial charge in [-0.2, -0.15) is 5.26 Å². The van der Waals surface area contributed by atoms with Crippen molar-refractivity contribution >= 4 is 31.6 Å². The Kier molecular flexibility index (Phi) is 5.71. The van der Waals surface area contributed by atoms with Crippen molar-refractivity contribution in [2.24, 2.45) is 0 Å². The van der Waals surface area contributed by atoms with Gasteiger partial charge >= 0.3 is 0 Å². The summed E-state index contributed by atoms with van der Waals surface area (Å²) in [6.07, 6.45) is 0.959. The lowest BCUT2D eigenvalue weighted by molar-refractivity contribution is 0.0773. The number of nitriles is 1. The summed E-state index contributed by atoms with van der Waals surface area (Å²) >= 11 is 0. The number of nitrogens with one attached hydrogen (secondary N) is 1. The summed E-state index contributed by atoms with van der Waals surface area (Å²) in [5, 5.41) is 8.88. The minimum atomic E-state index is -4.50. The highest BCUT2D eigenvalue weighted by atomic mass is 32.2. The molecule has 3 aromatic rings. The predicted octanol–water partition coefficient (Wildman–Crippen LogP) is 2.47. The number of aromatic nitrogens is 1. The third-order valence-electron chi connectivity index (χ3n) is 5.49. The van der Waals surface area contributed by atoms with Crippen LogP contribution in [0.25, 0.3) is 0 Å². The molecule has 2 aromatic carbocycles. The molecule has 0 aliphatic carbocycles. The van der Waals surface area contributed by atoms with E-state index in [4.69, 9.17) is 5.26 Å². The summed E-state index contributed by atoms with van der Waals surface area (Å²) in [6, 6.07) is 10.9. The number of rotatable bonds is 5. The van der Waals surface area contributed by atoms with E-state index in [1.54, 1.807) is 25.1 Å². The Hall–Kier alpha value is -3.69. The number of carbonyl (C=O) groups excluding carboxylic acids is 1. The topological polar surface area (TPSA) is 129 Å². The van der Waals surface area contributed by atoms with E-state index in [0.29, 0.717) is 3.97 Å². The van der Waals surface area contributed by atoms with Crippen LogP contribution in [0.1, 0.15) is 27.2 Å². The molecule has 1 amide bonds. The van der Waals surface area contributed by atoms with E-state index in [-0.39, 0.29) is 34.7 Å². The molecule has 1 N–H and O–H groups in total. The number of nitrogens with zero attached hydrogens (tertiary/aromatic N) is 3. The van der Waals surface area contributed by atoms with Gasteiger partial charge in [0.15, 0.2) is 0 Å². The van der Waals surface area contributed by atoms with Crippen molar-refractivity contribution in [3.05, 3.63) is 76.9 Å². The number of amides is 1. The molecule has 0 bridgehead atoms. The van der Waals surface area contributed by atoms with E-state index >= 15 is 0 Å². The first kappa shape index (κ1) is 23.5. The van der Waals surface area contributed by atoms with Gasteiger partial charge in [0.2, 0.25) is 0 Å². The predicted molar refractivity (Wildman–Crippen MR) is 121 cm³/mol. The van der Waals surface area contributed by atoms with Crippen LogP contribution in [-0.4, -0.2) is 45.2 Å².